The lowest BCUT2D eigenvalue weighted by atomic mass is 10.1. The van der Waals surface area contributed by atoms with Gasteiger partial charge in [0.05, 0.1) is 25.2 Å². The van der Waals surface area contributed by atoms with E-state index < -0.39 is 17.1 Å². The molecule has 0 aliphatic heterocycles. The minimum Gasteiger partial charge on any atom is -0.497 e. The molecule has 0 bridgehead atoms. The number of hydrogen-bond acceptors (Lipinski definition) is 8. The molecular formula is C37H34N4O5S2. The summed E-state index contributed by atoms with van der Waals surface area (Å²) in [5.74, 6) is -0.0952. The van der Waals surface area contributed by atoms with Crippen LogP contribution in [0.25, 0.3) is 17.3 Å². The number of ether oxygens (including phenoxy) is 2. The van der Waals surface area contributed by atoms with Crippen molar-refractivity contribution in [3.63, 3.8) is 0 Å². The molecule has 48 heavy (non-hydrogen) atoms. The highest BCUT2D eigenvalue weighted by Gasteiger charge is 2.21. The zero-order valence-electron chi connectivity index (χ0n) is 26.6. The van der Waals surface area contributed by atoms with Gasteiger partial charge in [0.15, 0.2) is 5.13 Å². The van der Waals surface area contributed by atoms with E-state index in [1.54, 1.807) is 79.9 Å². The molecule has 0 aliphatic carbocycles. The van der Waals surface area contributed by atoms with Crippen LogP contribution in [-0.2, 0) is 9.59 Å². The quantitative estimate of drug-likeness (QED) is 0.0861. The van der Waals surface area contributed by atoms with Crippen molar-refractivity contribution in [1.29, 1.82) is 0 Å². The van der Waals surface area contributed by atoms with E-state index in [1.807, 2.05) is 48.7 Å². The predicted molar refractivity (Wildman–Crippen MR) is 193 cm³/mol. The Morgan fingerprint density at radius 1 is 0.875 bits per heavy atom. The fourth-order valence-electron chi connectivity index (χ4n) is 4.63. The number of carbonyl (C=O) groups excluding carboxylic acids is 3. The molecule has 5 aromatic rings. The summed E-state index contributed by atoms with van der Waals surface area (Å²) in [6, 6.07) is 30.8. The largest absolute Gasteiger partial charge is 0.497 e. The van der Waals surface area contributed by atoms with Crippen LogP contribution in [0.1, 0.15) is 29.3 Å². The Kier molecular flexibility index (Phi) is 11.6. The third-order valence-electron chi connectivity index (χ3n) is 7.11. The Morgan fingerprint density at radius 3 is 2.33 bits per heavy atom. The monoisotopic (exact) mass is 678 g/mol. The Bertz CT molecular complexity index is 1910. The SMILES string of the molecule is CCC(Sc1cccc(NC(=O)/C(=C\c2ccc(OC)cc2OC)NC(=O)c2ccccc2)c1)C(=O)Nc1nc(-c2ccccc2)cs1. The highest BCUT2D eigenvalue weighted by atomic mass is 32.2. The van der Waals surface area contributed by atoms with Gasteiger partial charge in [-0.25, -0.2) is 4.98 Å². The van der Waals surface area contributed by atoms with E-state index in [0.29, 0.717) is 39.9 Å². The van der Waals surface area contributed by atoms with Gasteiger partial charge in [0.1, 0.15) is 17.2 Å². The summed E-state index contributed by atoms with van der Waals surface area (Å²) in [5.41, 5.74) is 3.25. The van der Waals surface area contributed by atoms with Gasteiger partial charge < -0.3 is 25.4 Å². The van der Waals surface area contributed by atoms with E-state index in [-0.39, 0.29) is 11.6 Å². The average molecular weight is 679 g/mol. The van der Waals surface area contributed by atoms with Crippen molar-refractivity contribution in [1.82, 2.24) is 10.3 Å². The molecule has 3 amide bonds. The summed E-state index contributed by atoms with van der Waals surface area (Å²) in [6.45, 7) is 1.94. The number of anilines is 2. The number of benzene rings is 4. The summed E-state index contributed by atoms with van der Waals surface area (Å²) < 4.78 is 10.8. The van der Waals surface area contributed by atoms with Gasteiger partial charge in [-0.2, -0.15) is 0 Å². The van der Waals surface area contributed by atoms with Gasteiger partial charge >= 0.3 is 0 Å². The van der Waals surface area contributed by atoms with Crippen molar-refractivity contribution in [3.8, 4) is 22.8 Å². The average Bonchev–Trinajstić information content (AvgIpc) is 3.59. The van der Waals surface area contributed by atoms with Crippen molar-refractivity contribution < 1.29 is 23.9 Å². The fourth-order valence-corrected chi connectivity index (χ4v) is 6.36. The van der Waals surface area contributed by atoms with Gasteiger partial charge in [0.2, 0.25) is 5.91 Å². The zero-order chi connectivity index (χ0) is 33.9. The molecule has 0 saturated carbocycles. The highest BCUT2D eigenvalue weighted by molar-refractivity contribution is 8.00. The number of hydrogen-bond donors (Lipinski definition) is 3. The third-order valence-corrected chi connectivity index (χ3v) is 9.22. The maximum atomic E-state index is 13.7. The van der Waals surface area contributed by atoms with E-state index in [9.17, 15) is 14.4 Å². The first-order valence-corrected chi connectivity index (χ1v) is 16.8. The van der Waals surface area contributed by atoms with E-state index in [2.05, 4.69) is 20.9 Å². The number of carbonyl (C=O) groups is 3. The van der Waals surface area contributed by atoms with Gasteiger partial charge in [0.25, 0.3) is 11.8 Å². The molecule has 0 aliphatic rings. The van der Waals surface area contributed by atoms with Gasteiger partial charge in [-0.3, -0.25) is 14.4 Å². The number of thiazole rings is 1. The number of thioether (sulfide) groups is 1. The van der Waals surface area contributed by atoms with Crippen molar-refractivity contribution in [2.45, 2.75) is 23.5 Å². The molecule has 244 valence electrons. The first-order chi connectivity index (χ1) is 23.4. The van der Waals surface area contributed by atoms with Crippen LogP contribution < -0.4 is 25.4 Å². The van der Waals surface area contributed by atoms with Crippen LogP contribution in [-0.4, -0.2) is 42.2 Å². The van der Waals surface area contributed by atoms with Crippen LogP contribution in [0.15, 0.2) is 119 Å². The second-order valence-electron chi connectivity index (χ2n) is 10.4. The Morgan fingerprint density at radius 2 is 1.62 bits per heavy atom. The van der Waals surface area contributed by atoms with Crippen molar-refractivity contribution >= 4 is 57.7 Å². The van der Waals surface area contributed by atoms with Crippen LogP contribution in [0.4, 0.5) is 10.8 Å². The smallest absolute Gasteiger partial charge is 0.272 e. The number of nitrogens with one attached hydrogen (secondary N) is 3. The molecule has 1 unspecified atom stereocenters. The lowest BCUT2D eigenvalue weighted by Gasteiger charge is -2.15. The second kappa shape index (κ2) is 16.4. The normalized spacial score (nSPS) is 11.7. The molecule has 0 fully saturated rings. The first kappa shape index (κ1) is 34.0. The van der Waals surface area contributed by atoms with Crippen LogP contribution in [0, 0.1) is 0 Å². The number of amides is 3. The molecule has 0 spiro atoms. The van der Waals surface area contributed by atoms with E-state index >= 15 is 0 Å². The lowest BCUT2D eigenvalue weighted by Crippen LogP contribution is -2.30. The van der Waals surface area contributed by atoms with Gasteiger partial charge in [-0.1, -0.05) is 61.5 Å². The summed E-state index contributed by atoms with van der Waals surface area (Å²) in [5, 5.41) is 10.6. The molecule has 0 saturated heterocycles. The van der Waals surface area contributed by atoms with Gasteiger partial charge in [-0.15, -0.1) is 23.1 Å². The fraction of sp³-hybridized carbons (Fsp3) is 0.135. The van der Waals surface area contributed by atoms with Gasteiger partial charge in [0, 0.05) is 38.7 Å². The summed E-state index contributed by atoms with van der Waals surface area (Å²) in [6.07, 6.45) is 2.12. The van der Waals surface area contributed by atoms with E-state index in [1.165, 1.54) is 30.2 Å². The van der Waals surface area contributed by atoms with Crippen LogP contribution in [0.3, 0.4) is 0 Å². The molecule has 9 nitrogen and oxygen atoms in total. The number of aromatic nitrogens is 1. The first-order valence-electron chi connectivity index (χ1n) is 15.1. The predicted octanol–water partition coefficient (Wildman–Crippen LogP) is 7.75. The maximum Gasteiger partial charge on any atom is 0.272 e. The lowest BCUT2D eigenvalue weighted by molar-refractivity contribution is -0.116. The molecule has 11 heteroatoms. The molecule has 1 heterocycles. The number of nitrogens with zero attached hydrogens (tertiary/aromatic N) is 1. The molecule has 5 rings (SSSR count). The molecule has 3 N–H and O–H groups in total. The van der Waals surface area contributed by atoms with Crippen molar-refractivity contribution in [2.24, 2.45) is 0 Å². The Labute approximate surface area is 287 Å². The van der Waals surface area contributed by atoms with Crippen LogP contribution in [0.5, 0.6) is 11.5 Å². The topological polar surface area (TPSA) is 119 Å². The maximum absolute atomic E-state index is 13.7. The molecule has 1 atom stereocenters. The Hall–Kier alpha value is -5.39. The van der Waals surface area contributed by atoms with Crippen molar-refractivity contribution in [2.75, 3.05) is 24.9 Å². The van der Waals surface area contributed by atoms with Crippen molar-refractivity contribution in [3.05, 3.63) is 125 Å². The summed E-state index contributed by atoms with van der Waals surface area (Å²) in [7, 11) is 3.06. The molecule has 4 aromatic carbocycles. The zero-order valence-corrected chi connectivity index (χ0v) is 28.2. The molecule has 1 aromatic heterocycles. The second-order valence-corrected chi connectivity index (χ2v) is 12.5. The van der Waals surface area contributed by atoms with Gasteiger partial charge in [-0.05, 0) is 55.0 Å². The standard InChI is InChI=1S/C37H34N4O5S2/c1-4-33(36(44)41-37-40-31(23-47-37)24-12-7-5-8-13-24)48-29-17-11-16-27(21-29)38-35(43)30(39-34(42)25-14-9-6-10-15-25)20-26-18-19-28(45-2)22-32(26)46-3/h5-23,33H,4H2,1-3H3,(H,38,43)(H,39,42)(H,40,41,44)/b30-20+. The third kappa shape index (κ3) is 8.90. The Balaban J connectivity index is 1.31. The number of rotatable bonds is 13. The van der Waals surface area contributed by atoms with Crippen LogP contribution in [0.2, 0.25) is 0 Å². The minimum absolute atomic E-state index is 0.00880. The molecule has 0 radical (unpaired) electrons. The molecular weight excluding hydrogens is 645 g/mol. The van der Waals surface area contributed by atoms with E-state index in [4.69, 9.17) is 9.47 Å². The highest BCUT2D eigenvalue weighted by Crippen LogP contribution is 2.31. The summed E-state index contributed by atoms with van der Waals surface area (Å²) >= 11 is 2.77. The number of methoxy groups -OCH3 is 2. The van der Waals surface area contributed by atoms with E-state index in [0.717, 1.165) is 16.2 Å². The summed E-state index contributed by atoms with van der Waals surface area (Å²) in [4.78, 5) is 45.4. The minimum atomic E-state index is -0.540. The van der Waals surface area contributed by atoms with Crippen LogP contribution >= 0.6 is 23.1 Å².